The molecule has 3 heterocycles. The Morgan fingerprint density at radius 2 is 2.47 bits per heavy atom. The smallest absolute Gasteiger partial charge is 0.128 e. The second kappa shape index (κ2) is 5.45. The third-order valence-electron chi connectivity index (χ3n) is 4.31. The second-order valence-corrected chi connectivity index (χ2v) is 5.41. The number of morpholine rings is 1. The van der Waals surface area contributed by atoms with Crippen molar-refractivity contribution in [3.05, 3.63) is 23.9 Å². The van der Waals surface area contributed by atoms with Gasteiger partial charge in [0.15, 0.2) is 0 Å². The predicted molar refractivity (Wildman–Crippen MR) is 74.8 cm³/mol. The number of hydrogen-bond donors (Lipinski definition) is 2. The van der Waals surface area contributed by atoms with E-state index >= 15 is 0 Å². The second-order valence-electron chi connectivity index (χ2n) is 5.41. The van der Waals surface area contributed by atoms with Gasteiger partial charge in [0.05, 0.1) is 18.8 Å². The molecule has 1 aromatic heterocycles. The Hall–Kier alpha value is -1.17. The molecule has 2 fully saturated rings. The van der Waals surface area contributed by atoms with Gasteiger partial charge in [0.1, 0.15) is 5.82 Å². The lowest BCUT2D eigenvalue weighted by atomic mass is 10.00. The predicted octanol–water partition coefficient (Wildman–Crippen LogP) is 0.788. The summed E-state index contributed by atoms with van der Waals surface area (Å²) in [6.45, 7) is 3.01. The van der Waals surface area contributed by atoms with E-state index in [2.05, 4.69) is 15.2 Å². The molecule has 3 N–H and O–H groups in total. The molecule has 2 aliphatic heterocycles. The van der Waals surface area contributed by atoms with Gasteiger partial charge in [0.25, 0.3) is 0 Å². The zero-order valence-corrected chi connectivity index (χ0v) is 11.4. The average Bonchev–Trinajstić information content (AvgIpc) is 2.89. The molecule has 0 aromatic carbocycles. The number of nitrogens with one attached hydrogen (secondary N) is 1. The van der Waals surface area contributed by atoms with E-state index in [4.69, 9.17) is 10.5 Å². The molecular formula is C14H22N4O. The molecule has 0 saturated carbocycles. The molecule has 5 nitrogen and oxygen atoms in total. The number of hydrogen-bond acceptors (Lipinski definition) is 5. The summed E-state index contributed by atoms with van der Waals surface area (Å²) in [5.74, 6) is 0.592. The Kier molecular flexibility index (Phi) is 3.68. The SMILES string of the molecule is CNC(c1cccnc1N)C1CN2CCCC2CO1. The standard InChI is InChI=1S/C14H22N4O/c1-16-13(11-5-2-6-17-14(11)15)12-8-18-7-3-4-10(18)9-19-12/h2,5-6,10,12-13,16H,3-4,7-9H2,1H3,(H2,15,17). The van der Waals surface area contributed by atoms with Crippen molar-refractivity contribution in [1.29, 1.82) is 0 Å². The third-order valence-corrected chi connectivity index (χ3v) is 4.31. The van der Waals surface area contributed by atoms with Crippen molar-refractivity contribution in [2.75, 3.05) is 32.5 Å². The molecule has 5 heteroatoms. The van der Waals surface area contributed by atoms with Gasteiger partial charge < -0.3 is 15.8 Å². The molecule has 19 heavy (non-hydrogen) atoms. The lowest BCUT2D eigenvalue weighted by molar-refractivity contribution is -0.0642. The van der Waals surface area contributed by atoms with Crippen LogP contribution >= 0.6 is 0 Å². The van der Waals surface area contributed by atoms with Crippen LogP contribution in [-0.2, 0) is 4.74 Å². The number of ether oxygens (including phenoxy) is 1. The van der Waals surface area contributed by atoms with Crippen molar-refractivity contribution in [2.45, 2.75) is 31.0 Å². The fourth-order valence-electron chi connectivity index (χ4n) is 3.28. The average molecular weight is 262 g/mol. The molecule has 0 aliphatic carbocycles. The number of anilines is 1. The van der Waals surface area contributed by atoms with Crippen molar-refractivity contribution in [1.82, 2.24) is 15.2 Å². The molecule has 3 rings (SSSR count). The largest absolute Gasteiger partial charge is 0.383 e. The fraction of sp³-hybridized carbons (Fsp3) is 0.643. The number of rotatable bonds is 3. The lowest BCUT2D eigenvalue weighted by Gasteiger charge is -2.39. The van der Waals surface area contributed by atoms with Gasteiger partial charge in [-0.2, -0.15) is 0 Å². The van der Waals surface area contributed by atoms with Crippen LogP contribution in [0.1, 0.15) is 24.4 Å². The molecule has 2 saturated heterocycles. The van der Waals surface area contributed by atoms with Gasteiger partial charge in [-0.05, 0) is 32.5 Å². The van der Waals surface area contributed by atoms with Crippen LogP contribution in [0.3, 0.4) is 0 Å². The van der Waals surface area contributed by atoms with Gasteiger partial charge in [-0.15, -0.1) is 0 Å². The van der Waals surface area contributed by atoms with Gasteiger partial charge in [-0.1, -0.05) is 6.07 Å². The van der Waals surface area contributed by atoms with Gasteiger partial charge in [-0.3, -0.25) is 4.90 Å². The zero-order valence-electron chi connectivity index (χ0n) is 11.4. The number of nitrogens with zero attached hydrogens (tertiary/aromatic N) is 2. The first-order valence-corrected chi connectivity index (χ1v) is 7.03. The third kappa shape index (κ3) is 2.45. The lowest BCUT2D eigenvalue weighted by Crippen LogP contribution is -2.50. The molecule has 0 spiro atoms. The van der Waals surface area contributed by atoms with E-state index in [1.165, 1.54) is 19.4 Å². The van der Waals surface area contributed by atoms with Gasteiger partial charge in [0, 0.05) is 24.3 Å². The Morgan fingerprint density at radius 1 is 1.58 bits per heavy atom. The summed E-state index contributed by atoms with van der Waals surface area (Å²) < 4.78 is 6.07. The summed E-state index contributed by atoms with van der Waals surface area (Å²) in [6, 6.07) is 4.69. The Balaban J connectivity index is 1.77. The molecular weight excluding hydrogens is 240 g/mol. The van der Waals surface area contributed by atoms with E-state index in [0.717, 1.165) is 18.7 Å². The summed E-state index contributed by atoms with van der Waals surface area (Å²) in [4.78, 5) is 6.72. The highest BCUT2D eigenvalue weighted by molar-refractivity contribution is 5.41. The summed E-state index contributed by atoms with van der Waals surface area (Å²) in [6.07, 6.45) is 4.43. The van der Waals surface area contributed by atoms with Crippen LogP contribution in [0.25, 0.3) is 0 Å². The first-order valence-electron chi connectivity index (χ1n) is 7.03. The van der Waals surface area contributed by atoms with E-state index < -0.39 is 0 Å². The van der Waals surface area contributed by atoms with Crippen molar-refractivity contribution < 1.29 is 4.74 Å². The maximum atomic E-state index is 6.07. The molecule has 3 atom stereocenters. The minimum absolute atomic E-state index is 0.107. The van der Waals surface area contributed by atoms with Crippen molar-refractivity contribution in [2.24, 2.45) is 0 Å². The Labute approximate surface area is 114 Å². The van der Waals surface area contributed by atoms with Crippen molar-refractivity contribution >= 4 is 5.82 Å². The van der Waals surface area contributed by atoms with E-state index in [1.54, 1.807) is 6.20 Å². The summed E-state index contributed by atoms with van der Waals surface area (Å²) >= 11 is 0. The number of pyridine rings is 1. The van der Waals surface area contributed by atoms with Crippen molar-refractivity contribution in [3.63, 3.8) is 0 Å². The topological polar surface area (TPSA) is 63.4 Å². The molecule has 0 radical (unpaired) electrons. The molecule has 3 unspecified atom stereocenters. The summed E-state index contributed by atoms with van der Waals surface area (Å²) in [5.41, 5.74) is 7.03. The van der Waals surface area contributed by atoms with Crippen LogP contribution in [0.5, 0.6) is 0 Å². The number of nitrogens with two attached hydrogens (primary N) is 1. The van der Waals surface area contributed by atoms with E-state index in [0.29, 0.717) is 11.9 Å². The van der Waals surface area contributed by atoms with Crippen molar-refractivity contribution in [3.8, 4) is 0 Å². The summed E-state index contributed by atoms with van der Waals surface area (Å²) in [5, 5.41) is 3.34. The number of likely N-dealkylation sites (N-methyl/N-ethyl adjacent to an activating group) is 1. The first kappa shape index (κ1) is 12.8. The van der Waals surface area contributed by atoms with Crippen LogP contribution in [0, 0.1) is 0 Å². The van der Waals surface area contributed by atoms with Gasteiger partial charge in [0.2, 0.25) is 0 Å². The number of fused-ring (bicyclic) bond motifs is 1. The maximum Gasteiger partial charge on any atom is 0.128 e. The van der Waals surface area contributed by atoms with Gasteiger partial charge in [-0.25, -0.2) is 4.98 Å². The first-order chi connectivity index (χ1) is 9.29. The summed E-state index contributed by atoms with van der Waals surface area (Å²) in [7, 11) is 1.95. The Morgan fingerprint density at radius 3 is 3.26 bits per heavy atom. The fourth-order valence-corrected chi connectivity index (χ4v) is 3.28. The van der Waals surface area contributed by atoms with Crippen LogP contribution in [0.15, 0.2) is 18.3 Å². The highest BCUT2D eigenvalue weighted by Crippen LogP contribution is 2.30. The molecule has 2 aliphatic rings. The Bertz CT molecular complexity index is 439. The maximum absolute atomic E-state index is 6.07. The monoisotopic (exact) mass is 262 g/mol. The quantitative estimate of drug-likeness (QED) is 0.843. The molecule has 0 bridgehead atoms. The van der Waals surface area contributed by atoms with Gasteiger partial charge >= 0.3 is 0 Å². The van der Waals surface area contributed by atoms with Crippen LogP contribution in [0.2, 0.25) is 0 Å². The van der Waals surface area contributed by atoms with E-state index in [9.17, 15) is 0 Å². The van der Waals surface area contributed by atoms with Crippen LogP contribution < -0.4 is 11.1 Å². The normalized spacial score (nSPS) is 29.1. The van der Waals surface area contributed by atoms with Crippen LogP contribution in [-0.4, -0.2) is 48.8 Å². The minimum Gasteiger partial charge on any atom is -0.383 e. The highest BCUT2D eigenvalue weighted by atomic mass is 16.5. The minimum atomic E-state index is 0.107. The molecule has 104 valence electrons. The molecule has 1 aromatic rings. The highest BCUT2D eigenvalue weighted by Gasteiger charge is 2.36. The zero-order chi connectivity index (χ0) is 13.2. The number of aromatic nitrogens is 1. The van der Waals surface area contributed by atoms with E-state index in [-0.39, 0.29) is 12.1 Å². The van der Waals surface area contributed by atoms with E-state index in [1.807, 2.05) is 19.2 Å². The molecule has 0 amide bonds. The van der Waals surface area contributed by atoms with Crippen LogP contribution in [0.4, 0.5) is 5.82 Å². The number of nitrogen functional groups attached to an aromatic ring is 1.